The van der Waals surface area contributed by atoms with Gasteiger partial charge in [-0.3, -0.25) is 9.52 Å². The summed E-state index contributed by atoms with van der Waals surface area (Å²) in [6.07, 6.45) is -0.542. The van der Waals surface area contributed by atoms with Gasteiger partial charge in [-0.25, -0.2) is 8.42 Å². The van der Waals surface area contributed by atoms with Crippen LogP contribution in [-0.4, -0.2) is 63.3 Å². The van der Waals surface area contributed by atoms with E-state index in [0.29, 0.717) is 17.9 Å². The molecule has 0 aromatic heterocycles. The fraction of sp³-hybridized carbons (Fsp3) is 0.409. The Balaban J connectivity index is 1.58. The molecule has 8 nitrogen and oxygen atoms in total. The molecule has 1 saturated heterocycles. The van der Waals surface area contributed by atoms with Crippen molar-refractivity contribution in [1.82, 2.24) is 4.90 Å². The number of sulfonamides is 1. The minimum absolute atomic E-state index is 0.0522. The van der Waals surface area contributed by atoms with Crippen molar-refractivity contribution < 1.29 is 27.8 Å². The van der Waals surface area contributed by atoms with E-state index in [9.17, 15) is 18.3 Å². The highest BCUT2D eigenvalue weighted by Gasteiger charge is 2.46. The standard InChI is InChI=1S/C22H26N2O6S/c1-24(2)21(26)12-15-11-18-17-10-14(23-31(27,28)16-6-4-3-5-7-16)8-9-19(17)30-22(18)20(13-25)29-15/h3-10,15,18,20,22-23,25H,11-13H2,1-2H3/t15-,18-,20-,22+/m0/s1. The van der Waals surface area contributed by atoms with Gasteiger partial charge in [0.1, 0.15) is 18.0 Å². The summed E-state index contributed by atoms with van der Waals surface area (Å²) in [6, 6.07) is 13.3. The number of rotatable bonds is 6. The number of ether oxygens (including phenoxy) is 2. The first-order valence-corrected chi connectivity index (χ1v) is 11.6. The third-order valence-corrected chi connectivity index (χ3v) is 7.10. The van der Waals surface area contributed by atoms with Crippen molar-refractivity contribution in [2.75, 3.05) is 25.4 Å². The molecular formula is C22H26N2O6S. The molecule has 2 aliphatic rings. The molecule has 2 aliphatic heterocycles. The highest BCUT2D eigenvalue weighted by Crippen LogP contribution is 2.47. The summed E-state index contributed by atoms with van der Waals surface area (Å²) in [6.45, 7) is -0.227. The summed E-state index contributed by atoms with van der Waals surface area (Å²) >= 11 is 0. The third kappa shape index (κ3) is 4.39. The van der Waals surface area contributed by atoms with Crippen LogP contribution in [0.25, 0.3) is 0 Å². The Bertz CT molecular complexity index is 1060. The molecule has 0 spiro atoms. The quantitative estimate of drug-likeness (QED) is 0.703. The van der Waals surface area contributed by atoms with E-state index >= 15 is 0 Å². The molecule has 9 heteroatoms. The molecule has 4 atom stereocenters. The summed E-state index contributed by atoms with van der Waals surface area (Å²) in [5.74, 6) is 0.477. The van der Waals surface area contributed by atoms with Crippen LogP contribution >= 0.6 is 0 Å². The van der Waals surface area contributed by atoms with Crippen LogP contribution in [0.1, 0.15) is 24.3 Å². The summed E-state index contributed by atoms with van der Waals surface area (Å²) < 4.78 is 39.9. The van der Waals surface area contributed by atoms with E-state index in [1.54, 1.807) is 50.5 Å². The zero-order valence-corrected chi connectivity index (χ0v) is 18.2. The first-order valence-electron chi connectivity index (χ1n) is 10.1. The lowest BCUT2D eigenvalue weighted by atomic mass is 9.84. The van der Waals surface area contributed by atoms with Crippen molar-refractivity contribution in [3.8, 4) is 5.75 Å². The Hall–Kier alpha value is -2.62. The Morgan fingerprint density at radius 2 is 1.94 bits per heavy atom. The number of nitrogens with zero attached hydrogens (tertiary/aromatic N) is 1. The highest BCUT2D eigenvalue weighted by atomic mass is 32.2. The Morgan fingerprint density at radius 1 is 1.19 bits per heavy atom. The normalized spacial score (nSPS) is 24.6. The molecule has 0 saturated carbocycles. The maximum atomic E-state index is 12.7. The minimum atomic E-state index is -3.72. The fourth-order valence-corrected chi connectivity index (χ4v) is 5.21. The molecule has 166 valence electrons. The van der Waals surface area contributed by atoms with Crippen molar-refractivity contribution in [3.05, 3.63) is 54.1 Å². The summed E-state index contributed by atoms with van der Waals surface area (Å²) in [5.41, 5.74) is 1.28. The number of hydrogen-bond acceptors (Lipinski definition) is 6. The van der Waals surface area contributed by atoms with Gasteiger partial charge in [0.05, 0.1) is 24.0 Å². The van der Waals surface area contributed by atoms with Crippen molar-refractivity contribution in [3.63, 3.8) is 0 Å². The zero-order valence-electron chi connectivity index (χ0n) is 17.4. The van der Waals surface area contributed by atoms with Crippen LogP contribution in [0.15, 0.2) is 53.4 Å². The number of benzene rings is 2. The van der Waals surface area contributed by atoms with Gasteiger partial charge in [0.25, 0.3) is 10.0 Å². The van der Waals surface area contributed by atoms with E-state index in [0.717, 1.165) is 5.56 Å². The molecule has 2 aromatic carbocycles. The van der Waals surface area contributed by atoms with E-state index in [1.807, 2.05) is 0 Å². The second-order valence-electron chi connectivity index (χ2n) is 8.07. The van der Waals surface area contributed by atoms with Gasteiger partial charge in [-0.05, 0) is 36.8 Å². The number of aliphatic hydroxyl groups excluding tert-OH is 1. The van der Waals surface area contributed by atoms with Gasteiger partial charge in [-0.15, -0.1) is 0 Å². The molecule has 4 rings (SSSR count). The molecule has 2 heterocycles. The Kier molecular flexibility index (Phi) is 5.92. The smallest absolute Gasteiger partial charge is 0.261 e. The van der Waals surface area contributed by atoms with Crippen LogP contribution in [0.4, 0.5) is 5.69 Å². The molecule has 0 radical (unpaired) electrons. The lowest BCUT2D eigenvalue weighted by molar-refractivity contribution is -0.147. The summed E-state index contributed by atoms with van der Waals surface area (Å²) in [4.78, 5) is 13.9. The van der Waals surface area contributed by atoms with Crippen LogP contribution in [0.2, 0.25) is 0 Å². The van der Waals surface area contributed by atoms with Crippen molar-refractivity contribution in [1.29, 1.82) is 0 Å². The van der Waals surface area contributed by atoms with Crippen LogP contribution in [-0.2, 0) is 19.6 Å². The molecule has 2 aromatic rings. The van der Waals surface area contributed by atoms with Gasteiger partial charge in [0, 0.05) is 31.3 Å². The van der Waals surface area contributed by atoms with E-state index in [4.69, 9.17) is 9.47 Å². The van der Waals surface area contributed by atoms with Gasteiger partial charge in [-0.2, -0.15) is 0 Å². The van der Waals surface area contributed by atoms with Gasteiger partial charge in [-0.1, -0.05) is 18.2 Å². The van der Waals surface area contributed by atoms with Crippen LogP contribution in [0, 0.1) is 0 Å². The highest BCUT2D eigenvalue weighted by molar-refractivity contribution is 7.92. The van der Waals surface area contributed by atoms with E-state index in [2.05, 4.69) is 4.72 Å². The van der Waals surface area contributed by atoms with Crippen LogP contribution < -0.4 is 9.46 Å². The topological polar surface area (TPSA) is 105 Å². The third-order valence-electron chi connectivity index (χ3n) is 5.71. The predicted molar refractivity (Wildman–Crippen MR) is 115 cm³/mol. The van der Waals surface area contributed by atoms with Gasteiger partial charge in [0.15, 0.2) is 0 Å². The monoisotopic (exact) mass is 446 g/mol. The average molecular weight is 447 g/mol. The molecule has 2 N–H and O–H groups in total. The molecule has 0 bridgehead atoms. The number of amides is 1. The molecule has 31 heavy (non-hydrogen) atoms. The summed E-state index contributed by atoms with van der Waals surface area (Å²) in [5, 5.41) is 9.82. The molecule has 1 amide bonds. The number of nitrogens with one attached hydrogen (secondary N) is 1. The van der Waals surface area contributed by atoms with Crippen molar-refractivity contribution >= 4 is 21.6 Å². The van der Waals surface area contributed by atoms with Crippen LogP contribution in [0.3, 0.4) is 0 Å². The largest absolute Gasteiger partial charge is 0.487 e. The van der Waals surface area contributed by atoms with E-state index < -0.39 is 16.1 Å². The Labute approximate surface area is 181 Å². The molecular weight excluding hydrogens is 420 g/mol. The second kappa shape index (κ2) is 8.49. The Morgan fingerprint density at radius 3 is 2.61 bits per heavy atom. The maximum absolute atomic E-state index is 12.7. The van der Waals surface area contributed by atoms with Crippen LogP contribution in [0.5, 0.6) is 5.75 Å². The second-order valence-corrected chi connectivity index (χ2v) is 9.75. The van der Waals surface area contributed by atoms with Gasteiger partial charge < -0.3 is 19.5 Å². The van der Waals surface area contributed by atoms with Crippen molar-refractivity contribution in [2.45, 2.75) is 42.0 Å². The number of carbonyl (C=O) groups excluding carboxylic acids is 1. The van der Waals surface area contributed by atoms with Gasteiger partial charge >= 0.3 is 0 Å². The lowest BCUT2D eigenvalue weighted by Crippen LogP contribution is -2.47. The lowest BCUT2D eigenvalue weighted by Gasteiger charge is -2.37. The first-order chi connectivity index (χ1) is 14.8. The molecule has 1 fully saturated rings. The minimum Gasteiger partial charge on any atom is -0.487 e. The molecule has 0 unspecified atom stereocenters. The van der Waals surface area contributed by atoms with E-state index in [1.165, 1.54) is 17.0 Å². The maximum Gasteiger partial charge on any atom is 0.261 e. The number of carbonyl (C=O) groups is 1. The van der Waals surface area contributed by atoms with E-state index in [-0.39, 0.29) is 42.0 Å². The number of fused-ring (bicyclic) bond motifs is 3. The number of anilines is 1. The molecule has 0 aliphatic carbocycles. The SMILES string of the molecule is CN(C)C(=O)C[C@@H]1C[C@H]2c3cc(NS(=O)(=O)c4ccccc4)ccc3O[C@H]2[C@H](CO)O1. The number of aliphatic hydroxyl groups is 1. The summed E-state index contributed by atoms with van der Waals surface area (Å²) in [7, 11) is -0.335. The number of hydrogen-bond donors (Lipinski definition) is 2. The van der Waals surface area contributed by atoms with Gasteiger partial charge in [0.2, 0.25) is 5.91 Å². The van der Waals surface area contributed by atoms with Crippen molar-refractivity contribution in [2.24, 2.45) is 0 Å². The fourth-order valence-electron chi connectivity index (χ4n) is 4.14. The average Bonchev–Trinajstić information content (AvgIpc) is 3.11. The first kappa shape index (κ1) is 21.6. The predicted octanol–water partition coefficient (Wildman–Crippen LogP) is 1.96. The zero-order chi connectivity index (χ0) is 22.2.